The molecule has 8 heteroatoms. The number of hydrogen-bond acceptors (Lipinski definition) is 3. The van der Waals surface area contributed by atoms with Gasteiger partial charge in [0.1, 0.15) is 5.69 Å². The Hall–Kier alpha value is -1.57. The number of nitrogens with one attached hydrogen (secondary N) is 1. The summed E-state index contributed by atoms with van der Waals surface area (Å²) in [5.74, 6) is -0.493. The van der Waals surface area contributed by atoms with E-state index in [9.17, 15) is 18.0 Å². The van der Waals surface area contributed by atoms with Crippen LogP contribution >= 0.6 is 0 Å². The maximum atomic E-state index is 12.4. The molecule has 2 heterocycles. The minimum absolute atomic E-state index is 0.0172. The van der Waals surface area contributed by atoms with Gasteiger partial charge in [0, 0.05) is 25.7 Å². The Morgan fingerprint density at radius 3 is 2.74 bits per heavy atom. The number of likely N-dealkylation sites (tertiary alicyclic amines) is 1. The average Bonchev–Trinajstić information content (AvgIpc) is 2.94. The molecule has 2 rings (SSSR count). The zero-order chi connectivity index (χ0) is 14.2. The van der Waals surface area contributed by atoms with E-state index in [1.807, 2.05) is 12.1 Å². The number of halogens is 3. The van der Waals surface area contributed by atoms with Gasteiger partial charge in [-0.2, -0.15) is 18.3 Å². The lowest BCUT2D eigenvalue weighted by atomic mass is 10.2. The van der Waals surface area contributed by atoms with Crippen molar-refractivity contribution in [2.24, 2.45) is 0 Å². The molecule has 1 aromatic heterocycles. The predicted octanol–water partition coefficient (Wildman–Crippen LogP) is 1.20. The molecule has 0 aliphatic carbocycles. The summed E-state index contributed by atoms with van der Waals surface area (Å²) >= 11 is 0. The Bertz CT molecular complexity index is 471. The first kappa shape index (κ1) is 13.9. The number of likely N-dealkylation sites (N-methyl/N-ethyl adjacent to an activating group) is 2. The highest BCUT2D eigenvalue weighted by molar-refractivity contribution is 5.92. The third-order valence-corrected chi connectivity index (χ3v) is 3.34. The Labute approximate surface area is 108 Å². The number of carbonyl (C=O) groups is 1. The van der Waals surface area contributed by atoms with Crippen molar-refractivity contribution in [2.45, 2.75) is 18.6 Å². The van der Waals surface area contributed by atoms with Crippen LogP contribution in [0.5, 0.6) is 0 Å². The van der Waals surface area contributed by atoms with Crippen LogP contribution in [0.15, 0.2) is 6.07 Å². The van der Waals surface area contributed by atoms with E-state index in [2.05, 4.69) is 10.00 Å². The Balaban J connectivity index is 2.09. The fraction of sp³-hybridized carbons (Fsp3) is 0.636. The second-order valence-corrected chi connectivity index (χ2v) is 4.79. The monoisotopic (exact) mass is 276 g/mol. The first-order valence-electron chi connectivity index (χ1n) is 5.87. The molecule has 1 unspecified atom stereocenters. The van der Waals surface area contributed by atoms with Crippen molar-refractivity contribution >= 4 is 5.91 Å². The quantitative estimate of drug-likeness (QED) is 0.883. The first-order chi connectivity index (χ1) is 8.79. The Morgan fingerprint density at radius 1 is 1.58 bits per heavy atom. The van der Waals surface area contributed by atoms with Crippen molar-refractivity contribution in [3.63, 3.8) is 0 Å². The summed E-state index contributed by atoms with van der Waals surface area (Å²) in [6, 6.07) is 0.765. The van der Waals surface area contributed by atoms with Gasteiger partial charge in [0.2, 0.25) is 0 Å². The van der Waals surface area contributed by atoms with Gasteiger partial charge >= 0.3 is 6.18 Å². The van der Waals surface area contributed by atoms with Gasteiger partial charge in [0.25, 0.3) is 5.91 Å². The zero-order valence-electron chi connectivity index (χ0n) is 10.7. The molecule has 0 radical (unpaired) electrons. The maximum absolute atomic E-state index is 12.4. The molecule has 19 heavy (non-hydrogen) atoms. The van der Waals surface area contributed by atoms with Gasteiger partial charge in [-0.3, -0.25) is 9.89 Å². The molecular formula is C11H15F3N4O. The van der Waals surface area contributed by atoms with Crippen molar-refractivity contribution in [3.8, 4) is 0 Å². The molecule has 1 atom stereocenters. The summed E-state index contributed by atoms with van der Waals surface area (Å²) in [5.41, 5.74) is -1.21. The van der Waals surface area contributed by atoms with Crippen molar-refractivity contribution in [2.75, 3.05) is 27.2 Å². The molecule has 1 amide bonds. The second-order valence-electron chi connectivity index (χ2n) is 4.79. The number of aromatic amines is 1. The second kappa shape index (κ2) is 4.84. The smallest absolute Gasteiger partial charge is 0.336 e. The van der Waals surface area contributed by atoms with Crippen molar-refractivity contribution < 1.29 is 18.0 Å². The highest BCUT2D eigenvalue weighted by Crippen LogP contribution is 2.28. The van der Waals surface area contributed by atoms with E-state index < -0.39 is 17.8 Å². The number of alkyl halides is 3. The van der Waals surface area contributed by atoms with E-state index in [-0.39, 0.29) is 11.7 Å². The van der Waals surface area contributed by atoms with E-state index >= 15 is 0 Å². The predicted molar refractivity (Wildman–Crippen MR) is 61.6 cm³/mol. The fourth-order valence-electron chi connectivity index (χ4n) is 2.15. The van der Waals surface area contributed by atoms with Gasteiger partial charge in [-0.15, -0.1) is 0 Å². The number of H-pyrrole nitrogens is 1. The Kier molecular flexibility index (Phi) is 3.53. The lowest BCUT2D eigenvalue weighted by Gasteiger charge is -2.23. The SMILES string of the molecule is CN1CCC(N(C)C(=O)c2cc(C(F)(F)F)[nH]n2)C1. The largest absolute Gasteiger partial charge is 0.432 e. The van der Waals surface area contributed by atoms with Crippen LogP contribution in [0.3, 0.4) is 0 Å². The molecule has 0 saturated carbocycles. The summed E-state index contributed by atoms with van der Waals surface area (Å²) in [7, 11) is 3.53. The van der Waals surface area contributed by atoms with Crippen molar-refractivity contribution in [3.05, 3.63) is 17.5 Å². The normalized spacial score (nSPS) is 20.8. The number of rotatable bonds is 2. The van der Waals surface area contributed by atoms with Gasteiger partial charge in [0.05, 0.1) is 0 Å². The highest BCUT2D eigenvalue weighted by atomic mass is 19.4. The molecule has 1 aromatic rings. The minimum Gasteiger partial charge on any atom is -0.336 e. The lowest BCUT2D eigenvalue weighted by molar-refractivity contribution is -0.141. The van der Waals surface area contributed by atoms with Crippen LogP contribution < -0.4 is 0 Å². The van der Waals surface area contributed by atoms with Crippen LogP contribution in [-0.4, -0.2) is 59.1 Å². The van der Waals surface area contributed by atoms with Gasteiger partial charge in [-0.25, -0.2) is 0 Å². The molecule has 0 aromatic carbocycles. The van der Waals surface area contributed by atoms with Gasteiger partial charge in [0.15, 0.2) is 5.69 Å². The summed E-state index contributed by atoms with van der Waals surface area (Å²) in [4.78, 5) is 15.6. The van der Waals surface area contributed by atoms with E-state index in [1.165, 1.54) is 4.90 Å². The van der Waals surface area contributed by atoms with Crippen molar-refractivity contribution in [1.82, 2.24) is 20.0 Å². The molecule has 5 nitrogen and oxygen atoms in total. The van der Waals surface area contributed by atoms with E-state index in [1.54, 1.807) is 7.05 Å². The van der Waals surface area contributed by atoms with Gasteiger partial charge in [-0.1, -0.05) is 0 Å². The summed E-state index contributed by atoms with van der Waals surface area (Å²) in [5, 5.41) is 5.29. The van der Waals surface area contributed by atoms with Crippen LogP contribution in [0.2, 0.25) is 0 Å². The number of aromatic nitrogens is 2. The summed E-state index contributed by atoms with van der Waals surface area (Å²) in [6.07, 6.45) is -3.70. The van der Waals surface area contributed by atoms with Crippen LogP contribution in [0.4, 0.5) is 13.2 Å². The molecule has 0 bridgehead atoms. The summed E-state index contributed by atoms with van der Waals surface area (Å²) < 4.78 is 37.2. The van der Waals surface area contributed by atoms with Gasteiger partial charge in [-0.05, 0) is 20.0 Å². The third kappa shape index (κ3) is 2.89. The zero-order valence-corrected chi connectivity index (χ0v) is 10.7. The molecule has 1 saturated heterocycles. The Morgan fingerprint density at radius 2 is 2.26 bits per heavy atom. The highest BCUT2D eigenvalue weighted by Gasteiger charge is 2.35. The number of amides is 1. The number of hydrogen-bond donors (Lipinski definition) is 1. The van der Waals surface area contributed by atoms with Crippen LogP contribution in [-0.2, 0) is 6.18 Å². The van der Waals surface area contributed by atoms with Gasteiger partial charge < -0.3 is 9.80 Å². The van der Waals surface area contributed by atoms with Crippen molar-refractivity contribution in [1.29, 1.82) is 0 Å². The first-order valence-corrected chi connectivity index (χ1v) is 5.87. The summed E-state index contributed by atoms with van der Waals surface area (Å²) in [6.45, 7) is 1.59. The molecule has 1 aliphatic rings. The van der Waals surface area contributed by atoms with E-state index in [4.69, 9.17) is 0 Å². The standard InChI is InChI=1S/C11H15F3N4O/c1-17-4-3-7(6-17)18(2)10(19)8-5-9(16-15-8)11(12,13)14/h5,7H,3-4,6H2,1-2H3,(H,15,16). The number of carbonyl (C=O) groups excluding carboxylic acids is 1. The molecule has 1 aliphatic heterocycles. The van der Waals surface area contributed by atoms with E-state index in [0.29, 0.717) is 0 Å². The van der Waals surface area contributed by atoms with Crippen LogP contribution in [0.25, 0.3) is 0 Å². The van der Waals surface area contributed by atoms with Crippen LogP contribution in [0.1, 0.15) is 22.6 Å². The maximum Gasteiger partial charge on any atom is 0.432 e. The fourth-order valence-corrected chi connectivity index (χ4v) is 2.15. The van der Waals surface area contributed by atoms with E-state index in [0.717, 1.165) is 25.6 Å². The number of nitrogens with zero attached hydrogens (tertiary/aromatic N) is 3. The minimum atomic E-state index is -4.52. The third-order valence-electron chi connectivity index (χ3n) is 3.34. The molecule has 1 fully saturated rings. The molecule has 0 spiro atoms. The molecule has 1 N–H and O–H groups in total. The topological polar surface area (TPSA) is 52.2 Å². The molecule has 106 valence electrons. The lowest BCUT2D eigenvalue weighted by Crippen LogP contribution is -2.38. The average molecular weight is 276 g/mol. The van der Waals surface area contributed by atoms with Crippen LogP contribution in [0, 0.1) is 0 Å². The molecular weight excluding hydrogens is 261 g/mol.